The number of aromatic nitrogens is 2. The van der Waals surface area contributed by atoms with Crippen molar-refractivity contribution in [1.82, 2.24) is 9.97 Å². The third-order valence-corrected chi connectivity index (χ3v) is 1.86. The highest BCUT2D eigenvalue weighted by Gasteiger charge is 1.95. The zero-order valence-corrected chi connectivity index (χ0v) is 7.31. The van der Waals surface area contributed by atoms with E-state index in [1.165, 1.54) is 0 Å². The number of nitrogens with zero attached hydrogens (tertiary/aromatic N) is 1. The van der Waals surface area contributed by atoms with Crippen LogP contribution in [0.5, 0.6) is 0 Å². The topological polar surface area (TPSA) is 40.7 Å². The SMILES string of the molecule is SCNc1ccc2nc[nH]c2c1. The molecule has 1 aromatic heterocycles. The number of hydrogen-bond acceptors (Lipinski definition) is 3. The van der Waals surface area contributed by atoms with Crippen molar-refractivity contribution in [2.45, 2.75) is 0 Å². The molecule has 2 rings (SSSR count). The normalized spacial score (nSPS) is 10.4. The summed E-state index contributed by atoms with van der Waals surface area (Å²) in [5, 5.41) is 3.11. The Hall–Kier alpha value is -1.16. The molecule has 62 valence electrons. The molecule has 1 aromatic carbocycles. The van der Waals surface area contributed by atoms with Crippen LogP contribution in [0.15, 0.2) is 24.5 Å². The first-order valence-corrected chi connectivity index (χ1v) is 4.31. The van der Waals surface area contributed by atoms with Gasteiger partial charge < -0.3 is 10.3 Å². The van der Waals surface area contributed by atoms with Crippen LogP contribution in [0.1, 0.15) is 0 Å². The quantitative estimate of drug-likeness (QED) is 0.486. The largest absolute Gasteiger partial charge is 0.376 e. The first kappa shape index (κ1) is 7.49. The van der Waals surface area contributed by atoms with Crippen LogP contribution in [0.2, 0.25) is 0 Å². The van der Waals surface area contributed by atoms with Crippen LogP contribution in [-0.4, -0.2) is 15.8 Å². The van der Waals surface area contributed by atoms with Gasteiger partial charge in [-0.25, -0.2) is 4.98 Å². The fourth-order valence-corrected chi connectivity index (χ4v) is 1.32. The number of nitrogens with one attached hydrogen (secondary N) is 2. The Morgan fingerprint density at radius 3 is 3.25 bits per heavy atom. The smallest absolute Gasteiger partial charge is 0.0931 e. The van der Waals surface area contributed by atoms with Gasteiger partial charge >= 0.3 is 0 Å². The van der Waals surface area contributed by atoms with Gasteiger partial charge in [-0.05, 0) is 18.2 Å². The summed E-state index contributed by atoms with van der Waals surface area (Å²) in [7, 11) is 0. The molecule has 0 unspecified atom stereocenters. The first-order valence-electron chi connectivity index (χ1n) is 3.68. The Balaban J connectivity index is 2.46. The zero-order chi connectivity index (χ0) is 8.39. The summed E-state index contributed by atoms with van der Waals surface area (Å²) < 4.78 is 0. The highest BCUT2D eigenvalue weighted by molar-refractivity contribution is 7.80. The molecular weight excluding hydrogens is 170 g/mol. The maximum absolute atomic E-state index is 4.12. The van der Waals surface area contributed by atoms with Gasteiger partial charge in [0.2, 0.25) is 0 Å². The van der Waals surface area contributed by atoms with E-state index in [1.54, 1.807) is 6.33 Å². The van der Waals surface area contributed by atoms with E-state index < -0.39 is 0 Å². The van der Waals surface area contributed by atoms with Crippen LogP contribution < -0.4 is 5.32 Å². The average molecular weight is 179 g/mol. The molecule has 0 fully saturated rings. The number of anilines is 1. The molecule has 1 heterocycles. The minimum Gasteiger partial charge on any atom is -0.376 e. The molecule has 0 aliphatic carbocycles. The van der Waals surface area contributed by atoms with Gasteiger partial charge in [-0.2, -0.15) is 12.6 Å². The lowest BCUT2D eigenvalue weighted by molar-refractivity contribution is 1.34. The van der Waals surface area contributed by atoms with Crippen LogP contribution in [0.25, 0.3) is 11.0 Å². The second kappa shape index (κ2) is 3.06. The van der Waals surface area contributed by atoms with Crippen molar-refractivity contribution >= 4 is 29.3 Å². The van der Waals surface area contributed by atoms with Crippen molar-refractivity contribution in [3.63, 3.8) is 0 Å². The fraction of sp³-hybridized carbons (Fsp3) is 0.125. The minimum atomic E-state index is 0.639. The first-order chi connectivity index (χ1) is 5.90. The summed E-state index contributed by atoms with van der Waals surface area (Å²) in [5.41, 5.74) is 3.09. The van der Waals surface area contributed by atoms with Crippen LogP contribution in [0.4, 0.5) is 5.69 Å². The van der Waals surface area contributed by atoms with Gasteiger partial charge in [-0.1, -0.05) is 0 Å². The highest BCUT2D eigenvalue weighted by Crippen LogP contribution is 2.15. The lowest BCUT2D eigenvalue weighted by Gasteiger charge is -2.00. The molecule has 0 saturated heterocycles. The Kier molecular flexibility index (Phi) is 1.91. The van der Waals surface area contributed by atoms with Gasteiger partial charge in [0.05, 0.1) is 23.2 Å². The Labute approximate surface area is 75.6 Å². The number of H-pyrrole nitrogens is 1. The predicted molar refractivity (Wildman–Crippen MR) is 53.6 cm³/mol. The van der Waals surface area contributed by atoms with Crippen molar-refractivity contribution in [2.75, 3.05) is 11.2 Å². The molecule has 0 radical (unpaired) electrons. The van der Waals surface area contributed by atoms with Crippen LogP contribution in [0.3, 0.4) is 0 Å². The molecule has 2 aromatic rings. The monoisotopic (exact) mass is 179 g/mol. The molecule has 0 atom stereocenters. The second-order valence-electron chi connectivity index (χ2n) is 2.47. The third-order valence-electron chi connectivity index (χ3n) is 1.70. The fourth-order valence-electron chi connectivity index (χ4n) is 1.14. The summed E-state index contributed by atoms with van der Waals surface area (Å²) in [6, 6.07) is 5.97. The van der Waals surface area contributed by atoms with E-state index >= 15 is 0 Å². The van der Waals surface area contributed by atoms with Gasteiger partial charge in [-0.15, -0.1) is 0 Å². The number of thiol groups is 1. The number of aromatic amines is 1. The number of fused-ring (bicyclic) bond motifs is 1. The molecular formula is C8H9N3S. The van der Waals surface area contributed by atoms with E-state index in [4.69, 9.17) is 0 Å². The van der Waals surface area contributed by atoms with E-state index in [0.717, 1.165) is 16.7 Å². The molecule has 4 heteroatoms. The van der Waals surface area contributed by atoms with Crippen molar-refractivity contribution in [1.29, 1.82) is 0 Å². The number of hydrogen-bond donors (Lipinski definition) is 3. The predicted octanol–water partition coefficient (Wildman–Crippen LogP) is 1.86. The van der Waals surface area contributed by atoms with Gasteiger partial charge in [0, 0.05) is 5.69 Å². The van der Waals surface area contributed by atoms with Crippen molar-refractivity contribution < 1.29 is 0 Å². The Bertz CT molecular complexity index is 382. The summed E-state index contributed by atoms with van der Waals surface area (Å²) in [6.45, 7) is 0. The second-order valence-corrected chi connectivity index (χ2v) is 2.79. The number of benzene rings is 1. The molecule has 0 aliphatic heterocycles. The van der Waals surface area contributed by atoms with E-state index in [2.05, 4.69) is 27.9 Å². The third kappa shape index (κ3) is 1.25. The van der Waals surface area contributed by atoms with Crippen molar-refractivity contribution in [3.8, 4) is 0 Å². The molecule has 2 N–H and O–H groups in total. The van der Waals surface area contributed by atoms with E-state index in [9.17, 15) is 0 Å². The van der Waals surface area contributed by atoms with Crippen molar-refractivity contribution in [2.24, 2.45) is 0 Å². The van der Waals surface area contributed by atoms with Gasteiger partial charge in [0.15, 0.2) is 0 Å². The number of rotatable bonds is 2. The maximum Gasteiger partial charge on any atom is 0.0931 e. The summed E-state index contributed by atoms with van der Waals surface area (Å²) in [5.74, 6) is 0.639. The van der Waals surface area contributed by atoms with Gasteiger partial charge in [-0.3, -0.25) is 0 Å². The summed E-state index contributed by atoms with van der Waals surface area (Å²) >= 11 is 4.07. The van der Waals surface area contributed by atoms with E-state index in [1.807, 2.05) is 18.2 Å². The minimum absolute atomic E-state index is 0.639. The molecule has 0 spiro atoms. The van der Waals surface area contributed by atoms with Crippen LogP contribution in [0, 0.1) is 0 Å². The standard InChI is InChI=1S/C8H9N3S/c12-5-11-6-1-2-7-8(3-6)10-4-9-7/h1-4,11-12H,5H2,(H,9,10). The number of imidazole rings is 1. The highest BCUT2D eigenvalue weighted by atomic mass is 32.1. The summed E-state index contributed by atoms with van der Waals surface area (Å²) in [4.78, 5) is 7.16. The molecule has 3 nitrogen and oxygen atoms in total. The molecule has 0 aliphatic rings. The Morgan fingerprint density at radius 2 is 2.42 bits per heavy atom. The van der Waals surface area contributed by atoms with E-state index in [-0.39, 0.29) is 0 Å². The van der Waals surface area contributed by atoms with Crippen LogP contribution in [-0.2, 0) is 0 Å². The summed E-state index contributed by atoms with van der Waals surface area (Å²) in [6.07, 6.45) is 1.69. The maximum atomic E-state index is 4.12. The molecule has 0 saturated carbocycles. The average Bonchev–Trinajstić information content (AvgIpc) is 2.51. The molecule has 0 bridgehead atoms. The van der Waals surface area contributed by atoms with Crippen molar-refractivity contribution in [3.05, 3.63) is 24.5 Å². The lowest BCUT2D eigenvalue weighted by atomic mass is 10.3. The zero-order valence-electron chi connectivity index (χ0n) is 6.41. The van der Waals surface area contributed by atoms with Gasteiger partial charge in [0.25, 0.3) is 0 Å². The Morgan fingerprint density at radius 1 is 1.50 bits per heavy atom. The molecule has 12 heavy (non-hydrogen) atoms. The van der Waals surface area contributed by atoms with Crippen LogP contribution >= 0.6 is 12.6 Å². The van der Waals surface area contributed by atoms with E-state index in [0.29, 0.717) is 5.88 Å². The molecule has 0 amide bonds. The lowest BCUT2D eigenvalue weighted by Crippen LogP contribution is -1.93. The van der Waals surface area contributed by atoms with Gasteiger partial charge in [0.1, 0.15) is 0 Å².